The second-order valence-corrected chi connectivity index (χ2v) is 8.41. The van der Waals surface area contributed by atoms with E-state index >= 15 is 0 Å². The van der Waals surface area contributed by atoms with Gasteiger partial charge in [-0.3, -0.25) is 4.79 Å². The van der Waals surface area contributed by atoms with Gasteiger partial charge in [0.1, 0.15) is 5.00 Å². The molecule has 2 N–H and O–H groups in total. The van der Waals surface area contributed by atoms with Crippen LogP contribution in [0.5, 0.6) is 0 Å². The molecule has 0 radical (unpaired) electrons. The van der Waals surface area contributed by atoms with Crippen LogP contribution in [0.15, 0.2) is 24.5 Å². The van der Waals surface area contributed by atoms with Crippen molar-refractivity contribution < 1.29 is 23.9 Å². The van der Waals surface area contributed by atoms with Gasteiger partial charge >= 0.3 is 11.9 Å². The van der Waals surface area contributed by atoms with Gasteiger partial charge in [0, 0.05) is 4.88 Å². The van der Waals surface area contributed by atoms with E-state index in [4.69, 9.17) is 9.47 Å². The summed E-state index contributed by atoms with van der Waals surface area (Å²) in [5, 5.41) is 3.23. The maximum absolute atomic E-state index is 12.7. The van der Waals surface area contributed by atoms with Crippen molar-refractivity contribution in [2.45, 2.75) is 45.6 Å². The summed E-state index contributed by atoms with van der Waals surface area (Å²) in [6.07, 6.45) is 4.21. The molecule has 0 saturated heterocycles. The van der Waals surface area contributed by atoms with Gasteiger partial charge in [-0.1, -0.05) is 0 Å². The second kappa shape index (κ2) is 8.89. The number of fused-ring (bicyclic) bond motifs is 2. The Labute approximate surface area is 183 Å². The molecule has 1 atom stereocenters. The minimum absolute atomic E-state index is 0.255. The Hall–Kier alpha value is -3.20. The van der Waals surface area contributed by atoms with Crippen LogP contribution in [0.4, 0.5) is 5.00 Å². The van der Waals surface area contributed by atoms with Gasteiger partial charge in [0.2, 0.25) is 0 Å². The van der Waals surface area contributed by atoms with E-state index in [1.807, 2.05) is 0 Å². The number of anilines is 1. The smallest absolute Gasteiger partial charge is 0.341 e. The van der Waals surface area contributed by atoms with Gasteiger partial charge in [-0.2, -0.15) is 0 Å². The number of thiophene rings is 1. The van der Waals surface area contributed by atoms with Crippen LogP contribution in [0.1, 0.15) is 57.8 Å². The number of amides is 1. The zero-order valence-electron chi connectivity index (χ0n) is 17.3. The highest BCUT2D eigenvalue weighted by atomic mass is 32.1. The molecule has 0 fully saturated rings. The topological polar surface area (TPSA) is 110 Å². The van der Waals surface area contributed by atoms with Crippen LogP contribution < -0.4 is 5.32 Å². The molecule has 9 heteroatoms. The van der Waals surface area contributed by atoms with Crippen LogP contribution in [0, 0.1) is 0 Å². The first-order chi connectivity index (χ1) is 15.0. The molecule has 2 aromatic heterocycles. The Balaban J connectivity index is 1.49. The number of ether oxygens (including phenoxy) is 2. The Morgan fingerprint density at radius 1 is 1.23 bits per heavy atom. The van der Waals surface area contributed by atoms with Gasteiger partial charge in [0.25, 0.3) is 5.91 Å². The zero-order valence-corrected chi connectivity index (χ0v) is 18.1. The molecule has 31 heavy (non-hydrogen) atoms. The standard InChI is InChI=1S/C22H23N3O5S/c1-3-29-22(28)18-14-6-4-5-7-17(14)31-20(18)25-19(26)12(2)30-21(27)13-8-9-15-16(10-13)24-11-23-15/h8-12H,3-7H2,1-2H3,(H,23,24)(H,25,26). The van der Waals surface area contributed by atoms with Crippen LogP contribution in [0.3, 0.4) is 0 Å². The number of nitrogens with zero attached hydrogens (tertiary/aromatic N) is 1. The predicted octanol–water partition coefficient (Wildman–Crippen LogP) is 3.86. The average Bonchev–Trinajstić information content (AvgIpc) is 3.37. The number of aromatic nitrogens is 2. The van der Waals surface area contributed by atoms with Crippen molar-refractivity contribution in [3.05, 3.63) is 46.1 Å². The monoisotopic (exact) mass is 441 g/mol. The van der Waals surface area contributed by atoms with E-state index in [9.17, 15) is 14.4 Å². The van der Waals surface area contributed by atoms with Gasteiger partial charge in [-0.05, 0) is 63.3 Å². The molecule has 1 unspecified atom stereocenters. The first kappa shape index (κ1) is 21.0. The molecule has 0 spiro atoms. The van der Waals surface area contributed by atoms with Crippen molar-refractivity contribution >= 4 is 45.2 Å². The quantitative estimate of drug-likeness (QED) is 0.562. The Bertz CT molecular complexity index is 1150. The number of benzene rings is 1. The van der Waals surface area contributed by atoms with Crippen molar-refractivity contribution in [1.82, 2.24) is 9.97 Å². The molecule has 2 heterocycles. The third-order valence-corrected chi connectivity index (χ3v) is 6.40. The molecule has 1 aliphatic rings. The molecule has 0 bridgehead atoms. The van der Waals surface area contributed by atoms with Crippen LogP contribution in [-0.4, -0.2) is 40.5 Å². The largest absolute Gasteiger partial charge is 0.462 e. The minimum atomic E-state index is -1.04. The number of aryl methyl sites for hydroxylation is 1. The lowest BCUT2D eigenvalue weighted by molar-refractivity contribution is -0.123. The number of nitrogens with one attached hydrogen (secondary N) is 2. The van der Waals surface area contributed by atoms with Crippen molar-refractivity contribution in [3.8, 4) is 0 Å². The molecule has 162 valence electrons. The van der Waals surface area contributed by atoms with E-state index in [-0.39, 0.29) is 6.61 Å². The van der Waals surface area contributed by atoms with Gasteiger partial charge in [0.15, 0.2) is 6.10 Å². The number of carbonyl (C=O) groups excluding carboxylic acids is 3. The fourth-order valence-electron chi connectivity index (χ4n) is 3.63. The summed E-state index contributed by atoms with van der Waals surface area (Å²) in [4.78, 5) is 45.9. The van der Waals surface area contributed by atoms with Gasteiger partial charge in [-0.25, -0.2) is 14.6 Å². The van der Waals surface area contributed by atoms with Crippen LogP contribution >= 0.6 is 11.3 Å². The Morgan fingerprint density at radius 3 is 2.84 bits per heavy atom. The first-order valence-electron chi connectivity index (χ1n) is 10.2. The number of H-pyrrole nitrogens is 1. The summed E-state index contributed by atoms with van der Waals surface area (Å²) in [7, 11) is 0. The SMILES string of the molecule is CCOC(=O)c1c(NC(=O)C(C)OC(=O)c2ccc3nc[nH]c3c2)sc2c1CCCC2. The lowest BCUT2D eigenvalue weighted by Gasteiger charge is -2.14. The van der Waals surface area contributed by atoms with Crippen LogP contribution in [0.2, 0.25) is 0 Å². The summed E-state index contributed by atoms with van der Waals surface area (Å²) in [6.45, 7) is 3.50. The highest BCUT2D eigenvalue weighted by Gasteiger charge is 2.29. The van der Waals surface area contributed by atoms with Crippen LogP contribution in [0.25, 0.3) is 11.0 Å². The zero-order chi connectivity index (χ0) is 22.0. The molecule has 3 aromatic rings. The lowest BCUT2D eigenvalue weighted by Crippen LogP contribution is -2.30. The Kier molecular flexibility index (Phi) is 6.03. The molecular formula is C22H23N3O5S. The summed E-state index contributed by atoms with van der Waals surface area (Å²) >= 11 is 1.40. The van der Waals surface area contributed by atoms with Gasteiger partial charge in [-0.15, -0.1) is 11.3 Å². The van der Waals surface area contributed by atoms with E-state index in [1.165, 1.54) is 24.6 Å². The molecule has 1 aliphatic carbocycles. The minimum Gasteiger partial charge on any atom is -0.462 e. The Morgan fingerprint density at radius 2 is 2.03 bits per heavy atom. The normalized spacial score (nSPS) is 14.0. The third kappa shape index (κ3) is 4.32. The predicted molar refractivity (Wildman–Crippen MR) is 117 cm³/mol. The molecule has 0 aliphatic heterocycles. The highest BCUT2D eigenvalue weighted by Crippen LogP contribution is 2.38. The second-order valence-electron chi connectivity index (χ2n) is 7.31. The number of hydrogen-bond acceptors (Lipinski definition) is 7. The number of esters is 2. The first-order valence-corrected chi connectivity index (χ1v) is 11.1. The summed E-state index contributed by atoms with van der Waals surface area (Å²) in [6, 6.07) is 4.93. The fraction of sp³-hybridized carbons (Fsp3) is 0.364. The number of rotatable bonds is 6. The summed E-state index contributed by atoms with van der Waals surface area (Å²) < 4.78 is 10.6. The molecule has 1 aromatic carbocycles. The number of aromatic amines is 1. The molecular weight excluding hydrogens is 418 g/mol. The average molecular weight is 442 g/mol. The number of hydrogen-bond donors (Lipinski definition) is 2. The van der Waals surface area contributed by atoms with Crippen molar-refractivity contribution in [2.24, 2.45) is 0 Å². The third-order valence-electron chi connectivity index (χ3n) is 5.20. The summed E-state index contributed by atoms with van der Waals surface area (Å²) in [5.74, 6) is -1.55. The van der Waals surface area contributed by atoms with Crippen molar-refractivity contribution in [3.63, 3.8) is 0 Å². The fourth-order valence-corrected chi connectivity index (χ4v) is 4.91. The molecule has 0 saturated carbocycles. The summed E-state index contributed by atoms with van der Waals surface area (Å²) in [5.41, 5.74) is 3.14. The van der Waals surface area contributed by atoms with E-state index < -0.39 is 23.9 Å². The van der Waals surface area contributed by atoms with Gasteiger partial charge in [0.05, 0.1) is 35.1 Å². The van der Waals surface area contributed by atoms with Crippen molar-refractivity contribution in [1.29, 1.82) is 0 Å². The number of imidazole rings is 1. The maximum atomic E-state index is 12.7. The van der Waals surface area contributed by atoms with E-state index in [2.05, 4.69) is 15.3 Å². The highest BCUT2D eigenvalue weighted by molar-refractivity contribution is 7.17. The van der Waals surface area contributed by atoms with E-state index in [0.29, 0.717) is 21.6 Å². The van der Waals surface area contributed by atoms with Gasteiger partial charge < -0.3 is 19.8 Å². The van der Waals surface area contributed by atoms with E-state index in [1.54, 1.807) is 25.1 Å². The molecule has 4 rings (SSSR count). The maximum Gasteiger partial charge on any atom is 0.341 e. The molecule has 8 nitrogen and oxygen atoms in total. The van der Waals surface area contributed by atoms with Crippen molar-refractivity contribution in [2.75, 3.05) is 11.9 Å². The lowest BCUT2D eigenvalue weighted by atomic mass is 9.95. The molecule has 1 amide bonds. The number of carbonyl (C=O) groups is 3. The van der Waals surface area contributed by atoms with Crippen LogP contribution in [-0.2, 0) is 27.1 Å². The van der Waals surface area contributed by atoms with E-state index in [0.717, 1.165) is 41.6 Å².